The van der Waals surface area contributed by atoms with Gasteiger partial charge in [-0.3, -0.25) is 14.9 Å². The molecular weight excluding hydrogens is 306 g/mol. The molecule has 1 aromatic heterocycles. The fourth-order valence-corrected chi connectivity index (χ4v) is 2.53. The number of carbonyl (C=O) groups excluding carboxylic acids is 1. The Morgan fingerprint density at radius 3 is 2.95 bits per heavy atom. The Hall–Kier alpha value is -2.42. The van der Waals surface area contributed by atoms with Crippen LogP contribution in [0.15, 0.2) is 29.7 Å². The molecule has 2 aromatic rings. The lowest BCUT2D eigenvalue weighted by molar-refractivity contribution is -0.384. The molecule has 0 aliphatic rings. The highest BCUT2D eigenvalue weighted by molar-refractivity contribution is 7.99. The number of nitrogens with one attached hydrogen (secondary N) is 1. The maximum atomic E-state index is 12.0. The van der Waals surface area contributed by atoms with Gasteiger partial charge in [-0.05, 0) is 19.4 Å². The van der Waals surface area contributed by atoms with Crippen LogP contribution in [0.2, 0.25) is 0 Å². The third-order valence-electron chi connectivity index (χ3n) is 2.96. The van der Waals surface area contributed by atoms with Crippen LogP contribution in [-0.4, -0.2) is 31.3 Å². The van der Waals surface area contributed by atoms with Crippen LogP contribution in [0.3, 0.4) is 0 Å². The zero-order chi connectivity index (χ0) is 16.1. The first-order chi connectivity index (χ1) is 10.5. The van der Waals surface area contributed by atoms with E-state index in [1.807, 2.05) is 11.5 Å². The summed E-state index contributed by atoms with van der Waals surface area (Å²) in [6.07, 6.45) is 1.60. The van der Waals surface area contributed by atoms with Crippen LogP contribution in [0.1, 0.15) is 12.5 Å². The van der Waals surface area contributed by atoms with E-state index in [0.29, 0.717) is 10.8 Å². The van der Waals surface area contributed by atoms with Crippen LogP contribution in [-0.2, 0) is 11.3 Å². The molecule has 0 fully saturated rings. The molecule has 1 amide bonds. The van der Waals surface area contributed by atoms with Crippen molar-refractivity contribution >= 4 is 29.0 Å². The molecule has 0 aliphatic heterocycles. The number of amides is 1. The van der Waals surface area contributed by atoms with Gasteiger partial charge < -0.3 is 9.88 Å². The Kier molecular flexibility index (Phi) is 5.10. The number of hydrogen-bond acceptors (Lipinski definition) is 6. The van der Waals surface area contributed by atoms with E-state index in [2.05, 4.69) is 15.5 Å². The lowest BCUT2D eigenvalue weighted by atomic mass is 10.2. The lowest BCUT2D eigenvalue weighted by Crippen LogP contribution is -2.15. The largest absolute Gasteiger partial charge is 0.325 e. The van der Waals surface area contributed by atoms with Gasteiger partial charge in [-0.1, -0.05) is 17.8 Å². The molecule has 1 N–H and O–H groups in total. The third-order valence-corrected chi connectivity index (χ3v) is 3.94. The van der Waals surface area contributed by atoms with Crippen molar-refractivity contribution in [1.29, 1.82) is 0 Å². The Bertz CT molecular complexity index is 701. The highest BCUT2D eigenvalue weighted by atomic mass is 32.2. The Labute approximate surface area is 131 Å². The van der Waals surface area contributed by atoms with Crippen LogP contribution in [0, 0.1) is 17.0 Å². The minimum Gasteiger partial charge on any atom is -0.325 e. The second-order valence-electron chi connectivity index (χ2n) is 4.49. The predicted octanol–water partition coefficient (Wildman–Crippen LogP) is 2.25. The van der Waals surface area contributed by atoms with Gasteiger partial charge in [0, 0.05) is 18.7 Å². The van der Waals surface area contributed by atoms with Gasteiger partial charge in [-0.15, -0.1) is 10.2 Å². The number of nitro benzene ring substituents is 1. The molecule has 22 heavy (non-hydrogen) atoms. The first-order valence-corrected chi connectivity index (χ1v) is 7.55. The highest BCUT2D eigenvalue weighted by Crippen LogP contribution is 2.22. The first kappa shape index (κ1) is 16.0. The molecule has 0 saturated heterocycles. The van der Waals surface area contributed by atoms with Crippen LogP contribution in [0.4, 0.5) is 11.4 Å². The number of carbonyl (C=O) groups is 1. The van der Waals surface area contributed by atoms with E-state index in [4.69, 9.17) is 0 Å². The topological polar surface area (TPSA) is 103 Å². The molecule has 0 saturated carbocycles. The van der Waals surface area contributed by atoms with Gasteiger partial charge in [0.25, 0.3) is 5.69 Å². The second-order valence-corrected chi connectivity index (χ2v) is 5.44. The lowest BCUT2D eigenvalue weighted by Gasteiger charge is -2.08. The Balaban J connectivity index is 2.00. The van der Waals surface area contributed by atoms with Gasteiger partial charge in [0.05, 0.1) is 16.4 Å². The minimum absolute atomic E-state index is 0.0562. The Morgan fingerprint density at radius 1 is 1.50 bits per heavy atom. The molecule has 0 atom stereocenters. The first-order valence-electron chi connectivity index (χ1n) is 6.56. The summed E-state index contributed by atoms with van der Waals surface area (Å²) < 4.78 is 1.83. The van der Waals surface area contributed by atoms with Crippen molar-refractivity contribution in [2.45, 2.75) is 25.5 Å². The van der Waals surface area contributed by atoms with Crippen molar-refractivity contribution in [3.05, 3.63) is 40.2 Å². The van der Waals surface area contributed by atoms with E-state index < -0.39 is 4.92 Å². The fraction of sp³-hybridized carbons (Fsp3) is 0.308. The van der Waals surface area contributed by atoms with Crippen molar-refractivity contribution in [3.8, 4) is 0 Å². The number of rotatable bonds is 6. The second kappa shape index (κ2) is 7.03. The fourth-order valence-electron chi connectivity index (χ4n) is 1.75. The van der Waals surface area contributed by atoms with Crippen molar-refractivity contribution in [2.75, 3.05) is 11.1 Å². The molecular formula is C13H15N5O3S. The smallest absolute Gasteiger partial charge is 0.271 e. The van der Waals surface area contributed by atoms with Gasteiger partial charge in [0.2, 0.25) is 5.91 Å². The molecule has 1 heterocycles. The maximum absolute atomic E-state index is 12.0. The van der Waals surface area contributed by atoms with E-state index in [0.717, 1.165) is 12.1 Å². The van der Waals surface area contributed by atoms with E-state index >= 15 is 0 Å². The maximum Gasteiger partial charge on any atom is 0.271 e. The van der Waals surface area contributed by atoms with Gasteiger partial charge in [-0.25, -0.2) is 0 Å². The summed E-state index contributed by atoms with van der Waals surface area (Å²) in [5, 5.41) is 21.8. The van der Waals surface area contributed by atoms with Crippen LogP contribution >= 0.6 is 11.8 Å². The molecule has 116 valence electrons. The van der Waals surface area contributed by atoms with Crippen molar-refractivity contribution in [3.63, 3.8) is 0 Å². The number of benzene rings is 1. The molecule has 0 aliphatic carbocycles. The molecule has 8 nitrogen and oxygen atoms in total. The number of nitro groups is 1. The van der Waals surface area contributed by atoms with E-state index in [9.17, 15) is 14.9 Å². The highest BCUT2D eigenvalue weighted by Gasteiger charge is 2.12. The monoisotopic (exact) mass is 321 g/mol. The number of nitrogens with zero attached hydrogens (tertiary/aromatic N) is 4. The van der Waals surface area contributed by atoms with Crippen LogP contribution in [0.25, 0.3) is 0 Å². The number of aryl methyl sites for hydroxylation is 2. The summed E-state index contributed by atoms with van der Waals surface area (Å²) in [5.41, 5.74) is 1.15. The zero-order valence-corrected chi connectivity index (χ0v) is 13.0. The van der Waals surface area contributed by atoms with Crippen molar-refractivity contribution < 1.29 is 9.72 Å². The number of thioether (sulfide) groups is 1. The SMILES string of the molecule is CCn1cnnc1SCC(=O)Nc1cc([N+](=O)[O-])ccc1C. The normalized spacial score (nSPS) is 10.5. The van der Waals surface area contributed by atoms with E-state index in [1.54, 1.807) is 19.3 Å². The van der Waals surface area contributed by atoms with Crippen LogP contribution < -0.4 is 5.32 Å². The van der Waals surface area contributed by atoms with Gasteiger partial charge >= 0.3 is 0 Å². The van der Waals surface area contributed by atoms with Crippen LogP contribution in [0.5, 0.6) is 0 Å². The molecule has 9 heteroatoms. The quantitative estimate of drug-likeness (QED) is 0.497. The number of non-ortho nitro benzene ring substituents is 1. The van der Waals surface area contributed by atoms with Crippen molar-refractivity contribution in [1.82, 2.24) is 14.8 Å². The zero-order valence-electron chi connectivity index (χ0n) is 12.1. The van der Waals surface area contributed by atoms with Gasteiger partial charge in [0.1, 0.15) is 6.33 Å². The summed E-state index contributed by atoms with van der Waals surface area (Å²) in [6, 6.07) is 4.37. The third kappa shape index (κ3) is 3.82. The average Bonchev–Trinajstić information content (AvgIpc) is 2.94. The molecule has 0 radical (unpaired) electrons. The average molecular weight is 321 g/mol. The van der Waals surface area contributed by atoms with E-state index in [-0.39, 0.29) is 17.3 Å². The molecule has 1 aromatic carbocycles. The molecule has 2 rings (SSSR count). The summed E-state index contributed by atoms with van der Waals surface area (Å²) in [4.78, 5) is 22.3. The molecule has 0 unspecified atom stereocenters. The number of anilines is 1. The summed E-state index contributed by atoms with van der Waals surface area (Å²) in [5.74, 6) is -0.0971. The summed E-state index contributed by atoms with van der Waals surface area (Å²) in [6.45, 7) is 4.46. The molecule has 0 bridgehead atoms. The summed E-state index contributed by atoms with van der Waals surface area (Å²) >= 11 is 1.27. The molecule has 0 spiro atoms. The van der Waals surface area contributed by atoms with Gasteiger partial charge in [-0.2, -0.15) is 0 Å². The summed E-state index contributed by atoms with van der Waals surface area (Å²) in [7, 11) is 0. The standard InChI is InChI=1S/C13H15N5O3S/c1-3-17-8-14-16-13(17)22-7-12(19)15-11-6-10(18(20)21)5-4-9(11)2/h4-6,8H,3,7H2,1-2H3,(H,15,19). The Morgan fingerprint density at radius 2 is 2.27 bits per heavy atom. The number of hydrogen-bond donors (Lipinski definition) is 1. The van der Waals surface area contributed by atoms with E-state index in [1.165, 1.54) is 23.9 Å². The minimum atomic E-state index is -0.492. The number of aromatic nitrogens is 3. The predicted molar refractivity (Wildman–Crippen MR) is 82.9 cm³/mol. The van der Waals surface area contributed by atoms with Crippen molar-refractivity contribution in [2.24, 2.45) is 0 Å². The van der Waals surface area contributed by atoms with Gasteiger partial charge in [0.15, 0.2) is 5.16 Å².